The van der Waals surface area contributed by atoms with Gasteiger partial charge in [-0.25, -0.2) is 0 Å². The van der Waals surface area contributed by atoms with E-state index < -0.39 is 0 Å². The number of rotatable bonds is 8. The fraction of sp³-hybridized carbons (Fsp3) is 0.123. The molecule has 0 saturated heterocycles. The van der Waals surface area contributed by atoms with Gasteiger partial charge in [0.25, 0.3) is 0 Å². The van der Waals surface area contributed by atoms with E-state index in [9.17, 15) is 0 Å². The largest absolute Gasteiger partial charge is 0.460 e. The first kappa shape index (κ1) is 36.0. The van der Waals surface area contributed by atoms with Gasteiger partial charge in [0.2, 0.25) is 0 Å². The highest BCUT2D eigenvalue weighted by molar-refractivity contribution is 6.07. The molecule has 0 N–H and O–H groups in total. The van der Waals surface area contributed by atoms with E-state index in [1.807, 2.05) is 6.07 Å². The van der Waals surface area contributed by atoms with Crippen molar-refractivity contribution < 1.29 is 8.83 Å². The highest BCUT2D eigenvalue weighted by Gasteiger charge is 2.26. The summed E-state index contributed by atoms with van der Waals surface area (Å²) < 4.78 is 13.0. The number of hydrogen-bond donors (Lipinski definition) is 0. The van der Waals surface area contributed by atoms with Crippen molar-refractivity contribution in [2.75, 3.05) is 4.90 Å². The van der Waals surface area contributed by atoms with Gasteiger partial charge in [0.1, 0.15) is 22.5 Å². The van der Waals surface area contributed by atoms with Gasteiger partial charge in [-0.1, -0.05) is 146 Å². The lowest BCUT2D eigenvalue weighted by Crippen LogP contribution is -2.30. The lowest BCUT2D eigenvalue weighted by atomic mass is 9.89. The van der Waals surface area contributed by atoms with E-state index in [1.54, 1.807) is 0 Å². The minimum absolute atomic E-state index is 0.0817. The molecule has 0 saturated carbocycles. The molecule has 0 bridgehead atoms. The van der Waals surface area contributed by atoms with Crippen LogP contribution in [0.2, 0.25) is 0 Å². The Bertz CT molecular complexity index is 3270. The molecule has 0 amide bonds. The van der Waals surface area contributed by atoms with E-state index >= 15 is 0 Å². The minimum Gasteiger partial charge on any atom is -0.460 e. The predicted octanol–water partition coefficient (Wildman–Crippen LogP) is 13.6. The van der Waals surface area contributed by atoms with Gasteiger partial charge in [-0.05, 0) is 119 Å². The first-order valence-electron chi connectivity index (χ1n) is 21.3. The van der Waals surface area contributed by atoms with Crippen LogP contribution in [0.5, 0.6) is 0 Å². The molecule has 3 aliphatic rings. The molecule has 2 aromatic heterocycles. The minimum atomic E-state index is 0.0817. The molecule has 8 aromatic rings. The highest BCUT2D eigenvalue weighted by Crippen LogP contribution is 2.44. The quantitative estimate of drug-likeness (QED) is 0.144. The fourth-order valence-corrected chi connectivity index (χ4v) is 9.63. The lowest BCUT2D eigenvalue weighted by molar-refractivity contribution is 0.568. The van der Waals surface area contributed by atoms with Gasteiger partial charge in [-0.3, -0.25) is 0 Å². The van der Waals surface area contributed by atoms with E-state index in [-0.39, 0.29) is 6.04 Å². The molecule has 11 rings (SSSR count). The average Bonchev–Trinajstić information content (AvgIpc) is 3.79. The zero-order valence-electron chi connectivity index (χ0n) is 33.8. The van der Waals surface area contributed by atoms with Gasteiger partial charge in [-0.15, -0.1) is 0 Å². The molecule has 0 spiro atoms. The molecule has 0 radical (unpaired) electrons. The third-order valence-electron chi connectivity index (χ3n) is 12.6. The number of benzene rings is 6. The normalized spacial score (nSPS) is 16.0. The second-order valence-corrected chi connectivity index (χ2v) is 16.1. The third kappa shape index (κ3) is 6.38. The summed E-state index contributed by atoms with van der Waals surface area (Å²) in [5.41, 5.74) is 15.3. The van der Waals surface area contributed by atoms with Gasteiger partial charge in [0, 0.05) is 45.1 Å². The first-order valence-corrected chi connectivity index (χ1v) is 21.3. The molecule has 60 heavy (non-hydrogen) atoms. The van der Waals surface area contributed by atoms with Gasteiger partial charge in [0.05, 0.1) is 6.04 Å². The number of anilines is 2. The van der Waals surface area contributed by atoms with Crippen LogP contribution in [0.3, 0.4) is 0 Å². The van der Waals surface area contributed by atoms with E-state index in [2.05, 4.69) is 194 Å². The van der Waals surface area contributed by atoms with Crippen LogP contribution >= 0.6 is 0 Å². The Morgan fingerprint density at radius 1 is 0.733 bits per heavy atom. The van der Waals surface area contributed by atoms with Crippen molar-refractivity contribution >= 4 is 68.1 Å². The van der Waals surface area contributed by atoms with Gasteiger partial charge in [0.15, 0.2) is 0 Å². The molecule has 3 aliphatic carbocycles. The van der Waals surface area contributed by atoms with Crippen LogP contribution < -0.4 is 15.3 Å². The predicted molar refractivity (Wildman–Crippen MR) is 252 cm³/mol. The summed E-state index contributed by atoms with van der Waals surface area (Å²) in [5.74, 6) is 1.00. The molecule has 0 fully saturated rings. The standard InChI is InChI=1S/C57H45NO2/c1-2-39(45-23-12-19-41-16-5-6-20-46(41)45)18-11-14-38-28-31-43(32-29-38)58(44-33-35-54-50(37-44)48-22-8-10-26-53(48)59-54)52-25-9-7-21-47(52)49-24-13-27-56-57(49)51-36-42-17-4-3-15-40(42)30-34-55(51)60-56/h2-5,7-13,15-19,21-31,33,35-37,43H,6,14,20,32,34H2,1H3/b18-11-,39-2+. The number of hydrogen-bond acceptors (Lipinski definition) is 3. The van der Waals surface area contributed by atoms with Crippen LogP contribution in [0.1, 0.15) is 54.2 Å². The van der Waals surface area contributed by atoms with Gasteiger partial charge >= 0.3 is 0 Å². The molecule has 1 atom stereocenters. The van der Waals surface area contributed by atoms with E-state index in [4.69, 9.17) is 8.83 Å². The van der Waals surface area contributed by atoms with Crippen molar-refractivity contribution in [1.82, 2.24) is 0 Å². The smallest absolute Gasteiger partial charge is 0.135 e. The third-order valence-corrected chi connectivity index (χ3v) is 12.6. The van der Waals surface area contributed by atoms with Crippen molar-refractivity contribution in [3.05, 3.63) is 214 Å². The molecule has 3 heteroatoms. The first-order chi connectivity index (χ1) is 29.7. The van der Waals surface area contributed by atoms with Crippen LogP contribution in [0.25, 0.3) is 67.8 Å². The van der Waals surface area contributed by atoms with Crippen LogP contribution in [-0.4, -0.2) is 6.04 Å². The molecule has 290 valence electrons. The Hall–Kier alpha value is -7.10. The van der Waals surface area contributed by atoms with Crippen molar-refractivity contribution in [3.8, 4) is 11.1 Å². The summed E-state index contributed by atoms with van der Waals surface area (Å²) in [5, 5.41) is 5.86. The Morgan fingerprint density at radius 3 is 2.47 bits per heavy atom. The molecule has 0 aliphatic heterocycles. The Balaban J connectivity index is 0.981. The van der Waals surface area contributed by atoms with Crippen molar-refractivity contribution in [1.29, 1.82) is 0 Å². The number of fused-ring (bicyclic) bond motifs is 8. The molecule has 2 heterocycles. The number of para-hydroxylation sites is 2. The molecular formula is C57H45NO2. The highest BCUT2D eigenvalue weighted by atomic mass is 16.3. The zero-order chi connectivity index (χ0) is 40.0. The number of allylic oxidation sites excluding steroid dienone is 7. The van der Waals surface area contributed by atoms with E-state index in [0.717, 1.165) is 87.7 Å². The van der Waals surface area contributed by atoms with Crippen molar-refractivity contribution in [3.63, 3.8) is 0 Å². The molecule has 6 aromatic carbocycles. The van der Waals surface area contributed by atoms with Crippen LogP contribution in [0, 0.1) is 0 Å². The summed E-state index contributed by atoms with van der Waals surface area (Å²) in [6.45, 7) is 2.15. The summed E-state index contributed by atoms with van der Waals surface area (Å²) in [6, 6.07) is 45.8. The average molecular weight is 776 g/mol. The Kier molecular flexibility index (Phi) is 9.15. The molecule has 1 unspecified atom stereocenters. The van der Waals surface area contributed by atoms with Crippen molar-refractivity contribution in [2.24, 2.45) is 0 Å². The van der Waals surface area contributed by atoms with Crippen LogP contribution in [0.4, 0.5) is 11.4 Å². The Morgan fingerprint density at radius 2 is 1.55 bits per heavy atom. The van der Waals surface area contributed by atoms with Gasteiger partial charge in [-0.2, -0.15) is 0 Å². The van der Waals surface area contributed by atoms with Crippen molar-refractivity contribution in [2.45, 2.75) is 45.1 Å². The number of furan rings is 2. The summed E-state index contributed by atoms with van der Waals surface area (Å²) in [6.07, 6.45) is 27.9. The van der Waals surface area contributed by atoms with Gasteiger partial charge < -0.3 is 13.7 Å². The molecular weight excluding hydrogens is 731 g/mol. The fourth-order valence-electron chi connectivity index (χ4n) is 9.63. The maximum Gasteiger partial charge on any atom is 0.135 e. The van der Waals surface area contributed by atoms with Crippen LogP contribution in [-0.2, 0) is 12.8 Å². The summed E-state index contributed by atoms with van der Waals surface area (Å²) in [7, 11) is 0. The number of nitrogens with zero attached hydrogens (tertiary/aromatic N) is 1. The summed E-state index contributed by atoms with van der Waals surface area (Å²) >= 11 is 0. The SMILES string of the molecule is C/C=C(\C=C/CC1=CCC(N(c2ccc3oc4ccccc4c3c2)c2ccccc2-c2cccc3oc4c(c23)C=c2ccccc2=CC4)C=C1)c1cccc2c1CCC=C2. The topological polar surface area (TPSA) is 29.5 Å². The lowest BCUT2D eigenvalue weighted by Gasteiger charge is -2.35. The molecule has 3 nitrogen and oxygen atoms in total. The second-order valence-electron chi connectivity index (χ2n) is 16.1. The van der Waals surface area contributed by atoms with E-state index in [0.29, 0.717) is 0 Å². The second kappa shape index (κ2) is 15.3. The Labute approximate surface area is 350 Å². The summed E-state index contributed by atoms with van der Waals surface area (Å²) in [4.78, 5) is 2.53. The maximum atomic E-state index is 6.64. The van der Waals surface area contributed by atoms with E-state index in [1.165, 1.54) is 49.4 Å². The van der Waals surface area contributed by atoms with Crippen LogP contribution in [0.15, 0.2) is 184 Å². The monoisotopic (exact) mass is 775 g/mol. The maximum absolute atomic E-state index is 6.64. The zero-order valence-corrected chi connectivity index (χ0v) is 33.8.